The topological polar surface area (TPSA) is 93.1 Å². The number of aryl methyl sites for hydroxylation is 1. The second-order valence-corrected chi connectivity index (χ2v) is 8.61. The van der Waals surface area contributed by atoms with Gasteiger partial charge in [0.1, 0.15) is 5.69 Å². The third-order valence-corrected chi connectivity index (χ3v) is 6.22. The fourth-order valence-electron chi connectivity index (χ4n) is 4.30. The van der Waals surface area contributed by atoms with E-state index in [1.165, 1.54) is 5.01 Å². The van der Waals surface area contributed by atoms with E-state index < -0.39 is 12.1 Å². The standard InChI is InChI=1S/C28H30N4O4/c1-5-19-17-25(33)32(31-26(19)20-12-13-23(35-3)24(16-20)36-4)27(21-10-8-9-18(2)15-21)30-28(34)22-11-6-7-14-29-22/h6-16,19,27H,5,17H2,1-4H3,(H,30,34). The summed E-state index contributed by atoms with van der Waals surface area (Å²) in [5.74, 6) is 0.555. The van der Waals surface area contributed by atoms with Crippen molar-refractivity contribution in [1.29, 1.82) is 0 Å². The lowest BCUT2D eigenvalue weighted by atomic mass is 9.89. The van der Waals surface area contributed by atoms with Crippen LogP contribution in [0.1, 0.15) is 53.1 Å². The van der Waals surface area contributed by atoms with Crippen LogP contribution in [-0.4, -0.2) is 41.7 Å². The number of nitrogens with zero attached hydrogens (tertiary/aromatic N) is 3. The third kappa shape index (κ3) is 5.22. The Morgan fingerprint density at radius 2 is 1.89 bits per heavy atom. The second kappa shape index (κ2) is 11.0. The maximum absolute atomic E-state index is 13.4. The van der Waals surface area contributed by atoms with Gasteiger partial charge >= 0.3 is 0 Å². The molecule has 2 heterocycles. The van der Waals surface area contributed by atoms with Gasteiger partial charge in [0.15, 0.2) is 17.7 Å². The Morgan fingerprint density at radius 1 is 1.08 bits per heavy atom. The van der Waals surface area contributed by atoms with Gasteiger partial charge < -0.3 is 14.8 Å². The number of carbonyl (C=O) groups is 2. The maximum atomic E-state index is 13.4. The Balaban J connectivity index is 1.79. The van der Waals surface area contributed by atoms with Crippen LogP contribution in [0.25, 0.3) is 0 Å². The zero-order valence-corrected chi connectivity index (χ0v) is 20.9. The van der Waals surface area contributed by atoms with Crippen molar-refractivity contribution < 1.29 is 19.1 Å². The quantitative estimate of drug-likeness (QED) is 0.506. The summed E-state index contributed by atoms with van der Waals surface area (Å²) < 4.78 is 10.9. The first kappa shape index (κ1) is 24.9. The normalized spacial score (nSPS) is 16.2. The highest BCUT2D eigenvalue weighted by Gasteiger charge is 2.35. The highest BCUT2D eigenvalue weighted by molar-refractivity contribution is 6.06. The van der Waals surface area contributed by atoms with E-state index in [1.54, 1.807) is 38.6 Å². The summed E-state index contributed by atoms with van der Waals surface area (Å²) in [7, 11) is 3.17. The molecule has 3 aromatic rings. The van der Waals surface area contributed by atoms with E-state index in [0.29, 0.717) is 11.5 Å². The van der Waals surface area contributed by atoms with E-state index in [2.05, 4.69) is 10.3 Å². The number of rotatable bonds is 8. The summed E-state index contributed by atoms with van der Waals surface area (Å²) in [4.78, 5) is 30.6. The number of hydrazone groups is 1. The number of hydrogen-bond donors (Lipinski definition) is 1. The van der Waals surface area contributed by atoms with E-state index in [4.69, 9.17) is 14.6 Å². The van der Waals surface area contributed by atoms with E-state index in [-0.39, 0.29) is 23.9 Å². The molecule has 2 amide bonds. The smallest absolute Gasteiger partial charge is 0.271 e. The first-order chi connectivity index (χ1) is 17.4. The average molecular weight is 487 g/mol. The number of pyridine rings is 1. The predicted octanol–water partition coefficient (Wildman–Crippen LogP) is 4.50. The molecule has 1 N–H and O–H groups in total. The number of nitrogens with one attached hydrogen (secondary N) is 1. The van der Waals surface area contributed by atoms with E-state index in [9.17, 15) is 9.59 Å². The number of hydrogen-bond acceptors (Lipinski definition) is 6. The molecule has 0 saturated heterocycles. The van der Waals surface area contributed by atoms with Gasteiger partial charge in [-0.1, -0.05) is 42.8 Å². The van der Waals surface area contributed by atoms with Crippen molar-refractivity contribution in [2.45, 2.75) is 32.9 Å². The number of carbonyl (C=O) groups excluding carboxylic acids is 2. The minimum absolute atomic E-state index is 0.0727. The fourth-order valence-corrected chi connectivity index (χ4v) is 4.30. The minimum atomic E-state index is -0.806. The SMILES string of the molecule is CCC1CC(=O)N(C(NC(=O)c2ccccn2)c2cccc(C)c2)N=C1c1ccc(OC)c(OC)c1. The maximum Gasteiger partial charge on any atom is 0.271 e. The first-order valence-electron chi connectivity index (χ1n) is 11.9. The Labute approximate surface area is 210 Å². The van der Waals surface area contributed by atoms with Gasteiger partial charge in [-0.3, -0.25) is 14.6 Å². The van der Waals surface area contributed by atoms with Crippen LogP contribution in [0.4, 0.5) is 0 Å². The highest BCUT2D eigenvalue weighted by atomic mass is 16.5. The third-order valence-electron chi connectivity index (χ3n) is 6.22. The van der Waals surface area contributed by atoms with Crippen molar-refractivity contribution in [1.82, 2.24) is 15.3 Å². The van der Waals surface area contributed by atoms with Gasteiger partial charge in [0.25, 0.3) is 5.91 Å². The molecule has 1 aliphatic heterocycles. The molecule has 2 aromatic carbocycles. The molecule has 1 aliphatic rings. The van der Waals surface area contributed by atoms with E-state index in [1.807, 2.05) is 56.3 Å². The second-order valence-electron chi connectivity index (χ2n) is 8.61. The molecule has 8 nitrogen and oxygen atoms in total. The molecule has 0 saturated carbocycles. The monoisotopic (exact) mass is 486 g/mol. The van der Waals surface area contributed by atoms with Crippen molar-refractivity contribution in [3.63, 3.8) is 0 Å². The molecule has 4 rings (SSSR count). The van der Waals surface area contributed by atoms with E-state index in [0.717, 1.165) is 28.8 Å². The molecule has 0 bridgehead atoms. The Bertz CT molecular complexity index is 1280. The summed E-state index contributed by atoms with van der Waals surface area (Å²) in [6.07, 6.45) is 1.76. The summed E-state index contributed by atoms with van der Waals surface area (Å²) in [6.45, 7) is 4.00. The molecule has 0 spiro atoms. The Kier molecular flexibility index (Phi) is 7.63. The molecule has 2 unspecified atom stereocenters. The number of benzene rings is 2. The lowest BCUT2D eigenvalue weighted by Crippen LogP contribution is -2.46. The lowest BCUT2D eigenvalue weighted by Gasteiger charge is -2.35. The number of aromatic nitrogens is 1. The van der Waals surface area contributed by atoms with Crippen molar-refractivity contribution in [2.75, 3.05) is 14.2 Å². The van der Waals surface area contributed by atoms with E-state index >= 15 is 0 Å². The molecule has 1 aromatic heterocycles. The largest absolute Gasteiger partial charge is 0.493 e. The molecular weight excluding hydrogens is 456 g/mol. The van der Waals surface area contributed by atoms with Gasteiger partial charge in [-0.2, -0.15) is 5.10 Å². The van der Waals surface area contributed by atoms with Crippen molar-refractivity contribution in [3.05, 3.63) is 89.2 Å². The lowest BCUT2D eigenvalue weighted by molar-refractivity contribution is -0.135. The zero-order valence-electron chi connectivity index (χ0n) is 20.9. The van der Waals surface area contributed by atoms with Crippen molar-refractivity contribution in [2.24, 2.45) is 11.0 Å². The summed E-state index contributed by atoms with van der Waals surface area (Å²) in [5, 5.41) is 9.20. The van der Waals surface area contributed by atoms with Crippen LogP contribution in [0.15, 0.2) is 72.0 Å². The molecule has 8 heteroatoms. The van der Waals surface area contributed by atoms with Crippen molar-refractivity contribution in [3.8, 4) is 11.5 Å². The molecule has 36 heavy (non-hydrogen) atoms. The molecular formula is C28H30N4O4. The summed E-state index contributed by atoms with van der Waals surface area (Å²) in [6, 6.07) is 18.4. The van der Waals surface area contributed by atoms with Gasteiger partial charge in [-0.05, 0) is 49.2 Å². The average Bonchev–Trinajstić information content (AvgIpc) is 2.91. The number of amides is 2. The van der Waals surface area contributed by atoms with Gasteiger partial charge in [0.2, 0.25) is 5.91 Å². The van der Waals surface area contributed by atoms with Crippen LogP contribution in [0.5, 0.6) is 11.5 Å². The van der Waals surface area contributed by atoms with Crippen LogP contribution in [-0.2, 0) is 4.79 Å². The molecule has 0 fully saturated rings. The Hall–Kier alpha value is -4.20. The van der Waals surface area contributed by atoms with Crippen LogP contribution in [0.3, 0.4) is 0 Å². The first-order valence-corrected chi connectivity index (χ1v) is 11.9. The number of ether oxygens (including phenoxy) is 2. The molecule has 0 aliphatic carbocycles. The van der Waals surface area contributed by atoms with Gasteiger partial charge in [-0.15, -0.1) is 0 Å². The summed E-state index contributed by atoms with van der Waals surface area (Å²) >= 11 is 0. The predicted molar refractivity (Wildman–Crippen MR) is 137 cm³/mol. The van der Waals surface area contributed by atoms with Crippen LogP contribution in [0.2, 0.25) is 0 Å². The summed E-state index contributed by atoms with van der Waals surface area (Å²) in [5.41, 5.74) is 3.59. The zero-order chi connectivity index (χ0) is 25.7. The fraction of sp³-hybridized carbons (Fsp3) is 0.286. The van der Waals surface area contributed by atoms with Gasteiger partial charge in [-0.25, -0.2) is 5.01 Å². The van der Waals surface area contributed by atoms with Crippen LogP contribution < -0.4 is 14.8 Å². The highest BCUT2D eigenvalue weighted by Crippen LogP contribution is 2.33. The molecule has 0 radical (unpaired) electrons. The Morgan fingerprint density at radius 3 is 2.56 bits per heavy atom. The van der Waals surface area contributed by atoms with Crippen LogP contribution in [0, 0.1) is 12.8 Å². The minimum Gasteiger partial charge on any atom is -0.493 e. The number of methoxy groups -OCH3 is 2. The molecule has 186 valence electrons. The van der Waals surface area contributed by atoms with Gasteiger partial charge in [0, 0.05) is 24.1 Å². The molecule has 2 atom stereocenters. The van der Waals surface area contributed by atoms with Crippen molar-refractivity contribution >= 4 is 17.5 Å². The van der Waals surface area contributed by atoms with Crippen LogP contribution >= 0.6 is 0 Å². The van der Waals surface area contributed by atoms with Gasteiger partial charge in [0.05, 0.1) is 19.9 Å².